The minimum atomic E-state index is -3.83. The Morgan fingerprint density at radius 3 is 2.17 bits per heavy atom. The SMILES string of the molecule is CCN(c1ccccc1)S(=O)(=O)c1ccccc1-c1nc(-c2ccccc2)no1. The first-order valence-electron chi connectivity index (χ1n) is 9.17. The Hall–Kier alpha value is -3.45. The van der Waals surface area contributed by atoms with Gasteiger partial charge in [-0.3, -0.25) is 4.31 Å². The van der Waals surface area contributed by atoms with Crippen molar-refractivity contribution in [2.24, 2.45) is 0 Å². The van der Waals surface area contributed by atoms with E-state index in [1.807, 2.05) is 48.5 Å². The monoisotopic (exact) mass is 405 g/mol. The molecule has 0 saturated heterocycles. The van der Waals surface area contributed by atoms with Crippen molar-refractivity contribution in [2.45, 2.75) is 11.8 Å². The summed E-state index contributed by atoms with van der Waals surface area (Å²) in [7, 11) is -3.83. The van der Waals surface area contributed by atoms with Crippen LogP contribution in [0.15, 0.2) is 94.3 Å². The molecule has 3 aromatic carbocycles. The van der Waals surface area contributed by atoms with Crippen molar-refractivity contribution < 1.29 is 12.9 Å². The van der Waals surface area contributed by atoms with E-state index in [0.29, 0.717) is 23.6 Å². The number of hydrogen-bond donors (Lipinski definition) is 0. The lowest BCUT2D eigenvalue weighted by atomic mass is 10.2. The molecule has 0 atom stereocenters. The fraction of sp³-hybridized carbons (Fsp3) is 0.0909. The second kappa shape index (κ2) is 7.89. The zero-order chi connectivity index (χ0) is 20.3. The summed E-state index contributed by atoms with van der Waals surface area (Å²) >= 11 is 0. The lowest BCUT2D eigenvalue weighted by Gasteiger charge is -2.23. The molecule has 0 saturated carbocycles. The highest BCUT2D eigenvalue weighted by Gasteiger charge is 2.28. The summed E-state index contributed by atoms with van der Waals surface area (Å²) in [6.45, 7) is 2.09. The second-order valence-corrected chi connectivity index (χ2v) is 8.12. The Morgan fingerprint density at radius 1 is 0.862 bits per heavy atom. The first-order chi connectivity index (χ1) is 14.1. The molecule has 0 radical (unpaired) electrons. The van der Waals surface area contributed by atoms with Gasteiger partial charge in [0.1, 0.15) is 4.90 Å². The summed E-state index contributed by atoms with van der Waals surface area (Å²) in [5, 5.41) is 4.01. The second-order valence-electron chi connectivity index (χ2n) is 6.29. The number of benzene rings is 3. The van der Waals surface area contributed by atoms with Crippen LogP contribution >= 0.6 is 0 Å². The third-order valence-electron chi connectivity index (χ3n) is 4.47. The summed E-state index contributed by atoms with van der Waals surface area (Å²) in [6, 6.07) is 25.1. The molecule has 29 heavy (non-hydrogen) atoms. The van der Waals surface area contributed by atoms with Crippen LogP contribution in [-0.4, -0.2) is 25.1 Å². The first-order valence-corrected chi connectivity index (χ1v) is 10.6. The predicted molar refractivity (Wildman–Crippen MR) is 112 cm³/mol. The van der Waals surface area contributed by atoms with Gasteiger partial charge in [-0.2, -0.15) is 4.98 Å². The molecule has 0 fully saturated rings. The van der Waals surface area contributed by atoms with E-state index in [2.05, 4.69) is 10.1 Å². The highest BCUT2D eigenvalue weighted by atomic mass is 32.2. The van der Waals surface area contributed by atoms with E-state index in [-0.39, 0.29) is 10.8 Å². The third kappa shape index (κ3) is 3.64. The third-order valence-corrected chi connectivity index (χ3v) is 6.44. The normalized spacial score (nSPS) is 11.3. The molecule has 7 heteroatoms. The lowest BCUT2D eigenvalue weighted by Crippen LogP contribution is -2.31. The fourth-order valence-electron chi connectivity index (χ4n) is 3.11. The van der Waals surface area contributed by atoms with Crippen molar-refractivity contribution in [1.82, 2.24) is 10.1 Å². The van der Waals surface area contributed by atoms with Crippen LogP contribution in [-0.2, 0) is 10.0 Å². The van der Waals surface area contributed by atoms with Gasteiger partial charge in [0.25, 0.3) is 15.9 Å². The number of anilines is 1. The van der Waals surface area contributed by atoms with Crippen LogP contribution in [0.1, 0.15) is 6.92 Å². The standard InChI is InChI=1S/C22H19N3O3S/c1-2-25(18-13-7-4-8-14-18)29(26,27)20-16-10-9-15-19(20)22-23-21(24-28-22)17-11-5-3-6-12-17/h3-16H,2H2,1H3. The topological polar surface area (TPSA) is 76.3 Å². The molecule has 0 aliphatic heterocycles. The molecule has 1 heterocycles. The van der Waals surface area contributed by atoms with Crippen LogP contribution in [0.5, 0.6) is 0 Å². The smallest absolute Gasteiger partial charge is 0.265 e. The molecule has 0 unspecified atom stereocenters. The predicted octanol–water partition coefficient (Wildman–Crippen LogP) is 4.62. The minimum Gasteiger partial charge on any atom is -0.334 e. The van der Waals surface area contributed by atoms with Crippen LogP contribution in [0.2, 0.25) is 0 Å². The molecule has 6 nitrogen and oxygen atoms in total. The van der Waals surface area contributed by atoms with Crippen molar-refractivity contribution >= 4 is 15.7 Å². The maximum Gasteiger partial charge on any atom is 0.265 e. The fourth-order valence-corrected chi connectivity index (χ4v) is 4.77. The Bertz CT molecular complexity index is 1210. The van der Waals surface area contributed by atoms with Gasteiger partial charge in [0.2, 0.25) is 5.82 Å². The van der Waals surface area contributed by atoms with E-state index >= 15 is 0 Å². The largest absolute Gasteiger partial charge is 0.334 e. The summed E-state index contributed by atoms with van der Waals surface area (Å²) in [6.07, 6.45) is 0. The quantitative estimate of drug-likeness (QED) is 0.468. The maximum absolute atomic E-state index is 13.5. The summed E-state index contributed by atoms with van der Waals surface area (Å²) in [4.78, 5) is 4.54. The summed E-state index contributed by atoms with van der Waals surface area (Å²) in [5.41, 5.74) is 1.76. The van der Waals surface area contributed by atoms with Crippen molar-refractivity contribution in [1.29, 1.82) is 0 Å². The van der Waals surface area contributed by atoms with Crippen molar-refractivity contribution in [3.63, 3.8) is 0 Å². The van der Waals surface area contributed by atoms with Gasteiger partial charge < -0.3 is 4.52 Å². The molecule has 0 spiro atoms. The Labute approximate surface area is 169 Å². The van der Waals surface area contributed by atoms with Crippen molar-refractivity contribution in [2.75, 3.05) is 10.8 Å². The molecule has 1 aromatic heterocycles. The van der Waals surface area contributed by atoms with Gasteiger partial charge >= 0.3 is 0 Å². The number of rotatable bonds is 6. The minimum absolute atomic E-state index is 0.119. The Balaban J connectivity index is 1.79. The molecular formula is C22H19N3O3S. The summed E-state index contributed by atoms with van der Waals surface area (Å²) < 4.78 is 33.7. The van der Waals surface area contributed by atoms with E-state index in [1.54, 1.807) is 43.3 Å². The van der Waals surface area contributed by atoms with Crippen molar-refractivity contribution in [3.8, 4) is 22.8 Å². The van der Waals surface area contributed by atoms with Gasteiger partial charge in [-0.25, -0.2) is 8.42 Å². The zero-order valence-electron chi connectivity index (χ0n) is 15.8. The molecule has 4 rings (SSSR count). The molecular weight excluding hydrogens is 386 g/mol. The van der Waals surface area contributed by atoms with Crippen LogP contribution < -0.4 is 4.31 Å². The highest BCUT2D eigenvalue weighted by molar-refractivity contribution is 7.93. The molecule has 0 N–H and O–H groups in total. The van der Waals surface area contributed by atoms with Gasteiger partial charge in [0.05, 0.1) is 11.3 Å². The van der Waals surface area contributed by atoms with E-state index in [0.717, 1.165) is 5.56 Å². The summed E-state index contributed by atoms with van der Waals surface area (Å²) in [5.74, 6) is 0.565. The van der Waals surface area contributed by atoms with E-state index in [4.69, 9.17) is 4.52 Å². The lowest BCUT2D eigenvalue weighted by molar-refractivity contribution is 0.431. The van der Waals surface area contributed by atoms with Gasteiger partial charge in [-0.15, -0.1) is 0 Å². The van der Waals surface area contributed by atoms with Gasteiger partial charge in [-0.05, 0) is 31.2 Å². The van der Waals surface area contributed by atoms with E-state index in [1.165, 1.54) is 4.31 Å². The molecule has 0 aliphatic rings. The van der Waals surface area contributed by atoms with Crippen LogP contribution in [0.4, 0.5) is 5.69 Å². The van der Waals surface area contributed by atoms with E-state index in [9.17, 15) is 8.42 Å². The molecule has 0 aliphatic carbocycles. The number of sulfonamides is 1. The van der Waals surface area contributed by atoms with Crippen LogP contribution in [0.3, 0.4) is 0 Å². The number of para-hydroxylation sites is 1. The van der Waals surface area contributed by atoms with Crippen LogP contribution in [0, 0.1) is 0 Å². The Kier molecular flexibility index (Phi) is 5.14. The highest BCUT2D eigenvalue weighted by Crippen LogP contribution is 2.31. The number of nitrogens with zero attached hydrogens (tertiary/aromatic N) is 3. The van der Waals surface area contributed by atoms with Gasteiger partial charge in [-0.1, -0.05) is 65.8 Å². The molecule has 146 valence electrons. The number of hydrogen-bond acceptors (Lipinski definition) is 5. The molecule has 0 bridgehead atoms. The average molecular weight is 405 g/mol. The average Bonchev–Trinajstić information content (AvgIpc) is 3.26. The van der Waals surface area contributed by atoms with Gasteiger partial charge in [0, 0.05) is 12.1 Å². The number of aromatic nitrogens is 2. The van der Waals surface area contributed by atoms with Crippen molar-refractivity contribution in [3.05, 3.63) is 84.9 Å². The Morgan fingerprint density at radius 2 is 1.48 bits per heavy atom. The molecule has 0 amide bonds. The maximum atomic E-state index is 13.5. The zero-order valence-corrected chi connectivity index (χ0v) is 16.6. The van der Waals surface area contributed by atoms with E-state index < -0.39 is 10.0 Å². The van der Waals surface area contributed by atoms with Gasteiger partial charge in [0.15, 0.2) is 0 Å². The first kappa shape index (κ1) is 18.9. The van der Waals surface area contributed by atoms with Crippen LogP contribution in [0.25, 0.3) is 22.8 Å². The molecule has 4 aromatic rings.